The van der Waals surface area contributed by atoms with E-state index in [2.05, 4.69) is 37.6 Å². The van der Waals surface area contributed by atoms with Gasteiger partial charge < -0.3 is 10.4 Å². The fourth-order valence-corrected chi connectivity index (χ4v) is 6.04. The molecule has 0 aromatic carbocycles. The lowest BCUT2D eigenvalue weighted by molar-refractivity contribution is 0.421. The highest BCUT2D eigenvalue weighted by Crippen LogP contribution is 2.42. The number of rotatable bonds is 5. The van der Waals surface area contributed by atoms with Gasteiger partial charge in [0.1, 0.15) is 5.65 Å². The van der Waals surface area contributed by atoms with Crippen LogP contribution in [0.1, 0.15) is 39.0 Å². The Bertz CT molecular complexity index is 938. The number of aromatic nitrogens is 2. The number of aromatic amines is 1. The van der Waals surface area contributed by atoms with Crippen molar-refractivity contribution in [3.05, 3.63) is 18.5 Å². The molecule has 4 N–H and O–H groups in total. The van der Waals surface area contributed by atoms with Crippen LogP contribution in [0.15, 0.2) is 18.5 Å². The summed E-state index contributed by atoms with van der Waals surface area (Å²) in [5.41, 5.74) is 9.39. The zero-order valence-electron chi connectivity index (χ0n) is 14.7. The van der Waals surface area contributed by atoms with Gasteiger partial charge in [0, 0.05) is 17.6 Å². The molecule has 1 aliphatic heterocycles. The first-order valence-electron chi connectivity index (χ1n) is 9.35. The van der Waals surface area contributed by atoms with Crippen LogP contribution in [0.3, 0.4) is 0 Å². The zero-order chi connectivity index (χ0) is 17.9. The van der Waals surface area contributed by atoms with Crippen LogP contribution in [-0.2, 0) is 10.0 Å². The van der Waals surface area contributed by atoms with E-state index in [4.69, 9.17) is 0 Å². The normalized spacial score (nSPS) is 28.5. The Morgan fingerprint density at radius 2 is 2.19 bits per heavy atom. The SMILES string of the molecule is CC[C@@H]1C[C@H](NS(=O)(=O)C2CC2)C[C@@H]1N1NNc2cnc3[nH]ccc3c21. The Labute approximate surface area is 152 Å². The molecule has 8 nitrogen and oxygen atoms in total. The van der Waals surface area contributed by atoms with E-state index in [1.54, 1.807) is 0 Å². The van der Waals surface area contributed by atoms with Gasteiger partial charge in [-0.1, -0.05) is 13.3 Å². The summed E-state index contributed by atoms with van der Waals surface area (Å²) in [5.74, 6) is 0.421. The van der Waals surface area contributed by atoms with Crippen molar-refractivity contribution < 1.29 is 8.42 Å². The van der Waals surface area contributed by atoms with Gasteiger partial charge in [0.25, 0.3) is 0 Å². The van der Waals surface area contributed by atoms with Crippen molar-refractivity contribution in [3.8, 4) is 0 Å². The Kier molecular flexibility index (Phi) is 3.67. The first-order chi connectivity index (χ1) is 12.6. The summed E-state index contributed by atoms with van der Waals surface area (Å²) in [4.78, 5) is 7.59. The molecule has 2 aromatic heterocycles. The fraction of sp³-hybridized carbons (Fsp3) is 0.588. The molecule has 26 heavy (non-hydrogen) atoms. The predicted octanol–water partition coefficient (Wildman–Crippen LogP) is 1.85. The molecule has 140 valence electrons. The van der Waals surface area contributed by atoms with Crippen LogP contribution in [0.4, 0.5) is 11.4 Å². The van der Waals surface area contributed by atoms with Crippen LogP contribution in [0.25, 0.3) is 11.0 Å². The second-order valence-corrected chi connectivity index (χ2v) is 9.63. The van der Waals surface area contributed by atoms with Gasteiger partial charge in [-0.3, -0.25) is 5.01 Å². The average Bonchev–Trinajstić information content (AvgIpc) is 3.06. The van der Waals surface area contributed by atoms with E-state index in [-0.39, 0.29) is 17.3 Å². The van der Waals surface area contributed by atoms with Gasteiger partial charge in [-0.2, -0.15) is 0 Å². The quantitative estimate of drug-likeness (QED) is 0.635. The lowest BCUT2D eigenvalue weighted by Crippen LogP contribution is -2.46. The van der Waals surface area contributed by atoms with Crippen molar-refractivity contribution in [3.63, 3.8) is 0 Å². The summed E-state index contributed by atoms with van der Waals surface area (Å²) in [6, 6.07) is 2.26. The summed E-state index contributed by atoms with van der Waals surface area (Å²) < 4.78 is 27.7. The minimum absolute atomic E-state index is 0.00459. The molecule has 2 aromatic rings. The second kappa shape index (κ2) is 5.83. The topological polar surface area (TPSA) is 102 Å². The smallest absolute Gasteiger partial charge is 0.214 e. The molecule has 0 saturated heterocycles. The zero-order valence-corrected chi connectivity index (χ0v) is 15.5. The Hall–Kier alpha value is -1.84. The molecule has 5 rings (SSSR count). The second-order valence-electron chi connectivity index (χ2n) is 7.63. The van der Waals surface area contributed by atoms with Crippen LogP contribution >= 0.6 is 0 Å². The lowest BCUT2D eigenvalue weighted by atomic mass is 9.99. The van der Waals surface area contributed by atoms with E-state index in [0.29, 0.717) is 5.92 Å². The molecule has 3 heterocycles. The van der Waals surface area contributed by atoms with Crippen molar-refractivity contribution in [1.82, 2.24) is 20.2 Å². The summed E-state index contributed by atoms with van der Waals surface area (Å²) in [7, 11) is -3.15. The van der Waals surface area contributed by atoms with Crippen molar-refractivity contribution >= 4 is 32.4 Å². The van der Waals surface area contributed by atoms with Gasteiger partial charge >= 0.3 is 0 Å². The van der Waals surface area contributed by atoms with E-state index in [9.17, 15) is 8.42 Å². The summed E-state index contributed by atoms with van der Waals surface area (Å²) >= 11 is 0. The molecule has 3 aliphatic rings. The standard InChI is InChI=1S/C17H24N6O2S/c1-2-10-7-11(21-26(24,25)12-3-4-12)8-15(10)23-16-13-5-6-18-17(13)19-9-14(16)20-22-23/h5-6,9-12,15,20-22H,2-4,7-8H2,1H3,(H,18,19)/t10-,11+,15+/m1/s1. The van der Waals surface area contributed by atoms with Crippen LogP contribution in [0.5, 0.6) is 0 Å². The van der Waals surface area contributed by atoms with Crippen molar-refractivity contribution in [2.45, 2.75) is 56.4 Å². The molecule has 2 aliphatic carbocycles. The maximum Gasteiger partial charge on any atom is 0.214 e. The molecule has 2 saturated carbocycles. The van der Waals surface area contributed by atoms with Crippen LogP contribution in [0, 0.1) is 5.92 Å². The number of hydrogen-bond acceptors (Lipinski definition) is 6. The van der Waals surface area contributed by atoms with E-state index in [1.165, 1.54) is 0 Å². The van der Waals surface area contributed by atoms with Crippen molar-refractivity contribution in [2.24, 2.45) is 5.92 Å². The van der Waals surface area contributed by atoms with Crippen molar-refractivity contribution in [1.29, 1.82) is 0 Å². The van der Waals surface area contributed by atoms with Crippen LogP contribution < -0.4 is 20.7 Å². The van der Waals surface area contributed by atoms with E-state index >= 15 is 0 Å². The third-order valence-corrected chi connectivity index (χ3v) is 7.93. The highest BCUT2D eigenvalue weighted by molar-refractivity contribution is 7.90. The number of nitrogens with zero attached hydrogens (tertiary/aromatic N) is 2. The fourth-order valence-electron chi connectivity index (χ4n) is 4.43. The summed E-state index contributed by atoms with van der Waals surface area (Å²) in [6.07, 6.45) is 8.01. The molecule has 2 fully saturated rings. The van der Waals surface area contributed by atoms with Crippen LogP contribution in [0.2, 0.25) is 0 Å². The average molecular weight is 376 g/mol. The number of H-pyrrole nitrogens is 1. The van der Waals surface area contributed by atoms with E-state index in [1.807, 2.05) is 18.5 Å². The largest absolute Gasteiger partial charge is 0.346 e. The molecule has 3 atom stereocenters. The number of fused-ring (bicyclic) bond motifs is 3. The molecule has 0 radical (unpaired) electrons. The maximum absolute atomic E-state index is 12.3. The molecule has 0 unspecified atom stereocenters. The first kappa shape index (κ1) is 16.3. The first-order valence-corrected chi connectivity index (χ1v) is 10.9. The monoisotopic (exact) mass is 376 g/mol. The third-order valence-electron chi connectivity index (χ3n) is 5.92. The summed E-state index contributed by atoms with van der Waals surface area (Å²) in [5, 5.41) is 3.07. The number of sulfonamides is 1. The van der Waals surface area contributed by atoms with Crippen molar-refractivity contribution in [2.75, 3.05) is 10.4 Å². The summed E-state index contributed by atoms with van der Waals surface area (Å²) in [6.45, 7) is 2.18. The minimum Gasteiger partial charge on any atom is -0.346 e. The molecular weight excluding hydrogens is 352 g/mol. The van der Waals surface area contributed by atoms with E-state index < -0.39 is 10.0 Å². The highest BCUT2D eigenvalue weighted by Gasteiger charge is 2.44. The molecule has 0 amide bonds. The number of hydrazine groups is 2. The van der Waals surface area contributed by atoms with Gasteiger partial charge in [-0.25, -0.2) is 18.1 Å². The Morgan fingerprint density at radius 3 is 2.96 bits per heavy atom. The Balaban J connectivity index is 1.43. The predicted molar refractivity (Wildman–Crippen MR) is 101 cm³/mol. The number of hydrogen-bond donors (Lipinski definition) is 4. The van der Waals surface area contributed by atoms with E-state index in [0.717, 1.165) is 54.5 Å². The highest BCUT2D eigenvalue weighted by atomic mass is 32.2. The molecule has 0 bridgehead atoms. The van der Waals surface area contributed by atoms with Gasteiger partial charge in [-0.15, -0.1) is 5.53 Å². The number of pyridine rings is 1. The van der Waals surface area contributed by atoms with Gasteiger partial charge in [0.2, 0.25) is 10.0 Å². The van der Waals surface area contributed by atoms with Crippen LogP contribution in [-0.4, -0.2) is 35.7 Å². The van der Waals surface area contributed by atoms with Gasteiger partial charge in [-0.05, 0) is 37.7 Å². The molecular formula is C17H24N6O2S. The number of nitrogens with one attached hydrogen (secondary N) is 4. The molecule has 9 heteroatoms. The third kappa shape index (κ3) is 2.57. The lowest BCUT2D eigenvalue weighted by Gasteiger charge is -2.30. The molecule has 0 spiro atoms. The number of anilines is 2. The Morgan fingerprint density at radius 1 is 1.35 bits per heavy atom. The van der Waals surface area contributed by atoms with Gasteiger partial charge in [0.05, 0.1) is 28.9 Å². The minimum atomic E-state index is -3.15. The van der Waals surface area contributed by atoms with Gasteiger partial charge in [0.15, 0.2) is 0 Å². The maximum atomic E-state index is 12.3.